The molecule has 0 spiro atoms. The quantitative estimate of drug-likeness (QED) is 0.300. The molecule has 0 aliphatic heterocycles. The van der Waals surface area contributed by atoms with Crippen molar-refractivity contribution in [1.82, 2.24) is 4.98 Å². The monoisotopic (exact) mass is 595 g/mol. The molecule has 0 fully saturated rings. The average Bonchev–Trinajstić information content (AvgIpc) is 2.80. The largest absolute Gasteiger partial charge is 1.00 e. The van der Waals surface area contributed by atoms with E-state index in [2.05, 4.69) is 84.9 Å². The number of hydrogen-bond acceptors (Lipinski definition) is 3. The molecule has 0 N–H and O–H groups in total. The van der Waals surface area contributed by atoms with Gasteiger partial charge in [0.05, 0.1) is 35.2 Å². The van der Waals surface area contributed by atoms with Gasteiger partial charge in [0.25, 0.3) is 0 Å². The zero-order valence-corrected chi connectivity index (χ0v) is 26.5. The minimum absolute atomic E-state index is 0. The van der Waals surface area contributed by atoms with Crippen LogP contribution in [0.3, 0.4) is 0 Å². The first kappa shape index (κ1) is 37.5. The van der Waals surface area contributed by atoms with E-state index >= 15 is 0 Å². The standard InChI is InChI=1S/C30H37N3.3ClH.V/c1-8-23-12-20(5)13-24(9-2)29(23)31-18-27-16-22(7)17-28(33-27)19-32-30-25(10-3)14-21(6)15-26(30)11-4;;;;/h12-19H,8-11H2,1-7H3;3*1H;/p-3. The number of aryl methyl sites for hydroxylation is 7. The number of rotatable bonds is 8. The molecule has 0 bridgehead atoms. The molecule has 1 radical (unpaired) electrons. The molecule has 7 heteroatoms. The molecule has 3 rings (SSSR count). The summed E-state index contributed by atoms with van der Waals surface area (Å²) in [7, 11) is 0. The van der Waals surface area contributed by atoms with Gasteiger partial charge in [0.2, 0.25) is 0 Å². The van der Waals surface area contributed by atoms with Gasteiger partial charge in [-0.1, -0.05) is 63.1 Å². The van der Waals surface area contributed by atoms with Gasteiger partial charge in [-0.25, -0.2) is 4.98 Å². The Balaban J connectivity index is 0. The normalized spacial score (nSPS) is 10.5. The molecule has 0 aliphatic rings. The van der Waals surface area contributed by atoms with Gasteiger partial charge in [-0.2, -0.15) is 0 Å². The molecular weight excluding hydrogens is 560 g/mol. The summed E-state index contributed by atoms with van der Waals surface area (Å²) in [4.78, 5) is 14.6. The summed E-state index contributed by atoms with van der Waals surface area (Å²) >= 11 is 0. The van der Waals surface area contributed by atoms with Crippen LogP contribution in [0.15, 0.2) is 46.4 Å². The Morgan fingerprint density at radius 3 is 1.08 bits per heavy atom. The Hall–Kier alpha value is -1.62. The molecule has 37 heavy (non-hydrogen) atoms. The minimum atomic E-state index is 0. The number of aromatic nitrogens is 1. The van der Waals surface area contributed by atoms with Crippen molar-refractivity contribution >= 4 is 23.8 Å². The van der Waals surface area contributed by atoms with Gasteiger partial charge in [0.1, 0.15) is 0 Å². The molecule has 1 heterocycles. The fourth-order valence-electron chi connectivity index (χ4n) is 4.39. The second kappa shape index (κ2) is 17.8. The maximum atomic E-state index is 4.89. The van der Waals surface area contributed by atoms with Crippen molar-refractivity contribution in [2.24, 2.45) is 9.98 Å². The maximum absolute atomic E-state index is 4.89. The molecule has 0 atom stereocenters. The van der Waals surface area contributed by atoms with Crippen LogP contribution in [0.25, 0.3) is 0 Å². The fraction of sp³-hybridized carbons (Fsp3) is 0.367. The molecule has 0 aliphatic carbocycles. The van der Waals surface area contributed by atoms with Crippen LogP contribution < -0.4 is 37.2 Å². The number of aliphatic imine (C=N–C) groups is 2. The van der Waals surface area contributed by atoms with E-state index < -0.39 is 0 Å². The van der Waals surface area contributed by atoms with Gasteiger partial charge in [-0.05, 0) is 86.4 Å². The first-order chi connectivity index (χ1) is 15.9. The molecule has 3 aromatic rings. The third kappa shape index (κ3) is 9.89. The number of hydrogen-bond donors (Lipinski definition) is 0. The number of benzene rings is 2. The van der Waals surface area contributed by atoms with Crippen molar-refractivity contribution in [3.05, 3.63) is 86.7 Å². The van der Waals surface area contributed by atoms with E-state index in [1.807, 2.05) is 12.4 Å². The number of pyridine rings is 1. The molecule has 3 nitrogen and oxygen atoms in total. The Labute approximate surface area is 254 Å². The van der Waals surface area contributed by atoms with Crippen molar-refractivity contribution in [3.8, 4) is 0 Å². The van der Waals surface area contributed by atoms with Crippen LogP contribution in [0.5, 0.6) is 0 Å². The Kier molecular flexibility index (Phi) is 18.1. The van der Waals surface area contributed by atoms with E-state index in [1.165, 1.54) is 33.4 Å². The van der Waals surface area contributed by atoms with Crippen molar-refractivity contribution in [1.29, 1.82) is 0 Å². The molecule has 2 aromatic carbocycles. The van der Waals surface area contributed by atoms with Crippen molar-refractivity contribution in [2.75, 3.05) is 0 Å². The molecule has 0 saturated heterocycles. The Bertz CT molecular complexity index is 1070. The van der Waals surface area contributed by atoms with Crippen molar-refractivity contribution in [2.45, 2.75) is 74.1 Å². The predicted octanol–water partition coefficient (Wildman–Crippen LogP) is -1.23. The van der Waals surface area contributed by atoms with E-state index in [0.29, 0.717) is 0 Å². The zero-order valence-electron chi connectivity index (χ0n) is 22.9. The minimum Gasteiger partial charge on any atom is -1.00 e. The predicted molar refractivity (Wildman–Crippen MR) is 143 cm³/mol. The van der Waals surface area contributed by atoms with Crippen molar-refractivity contribution < 1.29 is 55.8 Å². The summed E-state index contributed by atoms with van der Waals surface area (Å²) in [5, 5.41) is 0. The van der Waals surface area contributed by atoms with Crippen LogP contribution in [0.2, 0.25) is 0 Å². The van der Waals surface area contributed by atoms with E-state index in [9.17, 15) is 0 Å². The molecule has 201 valence electrons. The maximum Gasteiger partial charge on any atom is 0.0823 e. The average molecular weight is 597 g/mol. The van der Waals surface area contributed by atoms with Crippen LogP contribution >= 0.6 is 0 Å². The first-order valence-corrected chi connectivity index (χ1v) is 12.2. The van der Waals surface area contributed by atoms with Gasteiger partial charge < -0.3 is 37.2 Å². The second-order valence-electron chi connectivity index (χ2n) is 8.79. The summed E-state index contributed by atoms with van der Waals surface area (Å²) in [6.45, 7) is 15.2. The third-order valence-corrected chi connectivity index (χ3v) is 6.01. The van der Waals surface area contributed by atoms with Gasteiger partial charge in [-0.15, -0.1) is 0 Å². The number of halogens is 3. The fourth-order valence-corrected chi connectivity index (χ4v) is 4.39. The summed E-state index contributed by atoms with van der Waals surface area (Å²) in [6, 6.07) is 13.1. The van der Waals surface area contributed by atoms with Gasteiger partial charge >= 0.3 is 0 Å². The van der Waals surface area contributed by atoms with Gasteiger partial charge in [0.15, 0.2) is 0 Å². The molecule has 0 saturated carbocycles. The van der Waals surface area contributed by atoms with Crippen LogP contribution in [0.4, 0.5) is 11.4 Å². The summed E-state index contributed by atoms with van der Waals surface area (Å²) in [5.74, 6) is 0. The van der Waals surface area contributed by atoms with Crippen LogP contribution in [0.1, 0.15) is 78.0 Å². The molecule has 0 amide bonds. The molecule has 0 unspecified atom stereocenters. The topological polar surface area (TPSA) is 37.6 Å². The van der Waals surface area contributed by atoms with Gasteiger partial charge in [0, 0.05) is 18.6 Å². The van der Waals surface area contributed by atoms with Crippen LogP contribution in [0, 0.1) is 20.8 Å². The van der Waals surface area contributed by atoms with E-state index in [0.717, 1.165) is 54.0 Å². The zero-order chi connectivity index (χ0) is 24.0. The second-order valence-corrected chi connectivity index (χ2v) is 8.79. The molecule has 1 aromatic heterocycles. The SMILES string of the molecule is CCc1cc(C)cc(CC)c1N=Cc1cc(C)cc(C=Nc2c(CC)cc(C)cc2CC)n1.[Cl-].[Cl-].[Cl-].[V]. The summed E-state index contributed by atoms with van der Waals surface area (Å²) < 4.78 is 0. The summed E-state index contributed by atoms with van der Waals surface area (Å²) in [5.41, 5.74) is 12.8. The van der Waals surface area contributed by atoms with Gasteiger partial charge in [-0.3, -0.25) is 9.98 Å². The Morgan fingerprint density at radius 1 is 0.541 bits per heavy atom. The van der Waals surface area contributed by atoms with Crippen LogP contribution in [-0.2, 0) is 44.2 Å². The van der Waals surface area contributed by atoms with E-state index in [-0.39, 0.29) is 55.8 Å². The third-order valence-electron chi connectivity index (χ3n) is 6.01. The smallest absolute Gasteiger partial charge is 0.0823 e. The first-order valence-electron chi connectivity index (χ1n) is 12.2. The van der Waals surface area contributed by atoms with E-state index in [4.69, 9.17) is 15.0 Å². The molecular formula is C30H37Cl3N3V-3. The number of nitrogens with zero attached hydrogens (tertiary/aromatic N) is 3. The Morgan fingerprint density at radius 2 is 0.811 bits per heavy atom. The van der Waals surface area contributed by atoms with Crippen molar-refractivity contribution in [3.63, 3.8) is 0 Å². The van der Waals surface area contributed by atoms with Crippen LogP contribution in [-0.4, -0.2) is 17.4 Å². The van der Waals surface area contributed by atoms with E-state index in [1.54, 1.807) is 0 Å². The summed E-state index contributed by atoms with van der Waals surface area (Å²) in [6.07, 6.45) is 7.67.